The molecule has 0 spiro atoms. The fourth-order valence-corrected chi connectivity index (χ4v) is 2.72. The summed E-state index contributed by atoms with van der Waals surface area (Å²) in [5, 5.41) is 3.51. The maximum atomic E-state index is 12.1. The molecule has 1 heterocycles. The van der Waals surface area contributed by atoms with Gasteiger partial charge in [0.25, 0.3) is 0 Å². The maximum Gasteiger partial charge on any atom is 0.389 e. The van der Waals surface area contributed by atoms with E-state index < -0.39 is 12.6 Å². The number of rotatable bonds is 7. The van der Waals surface area contributed by atoms with Crippen molar-refractivity contribution in [3.05, 3.63) is 0 Å². The Morgan fingerprint density at radius 3 is 2.42 bits per heavy atom. The van der Waals surface area contributed by atoms with E-state index >= 15 is 0 Å². The summed E-state index contributed by atoms with van der Waals surface area (Å²) in [6, 6.07) is 0.525. The van der Waals surface area contributed by atoms with Crippen molar-refractivity contribution < 1.29 is 13.2 Å². The van der Waals surface area contributed by atoms with Crippen LogP contribution >= 0.6 is 0 Å². The molecule has 0 saturated carbocycles. The standard InChI is InChI=1S/C14H27F3N2/c1-3-8-18-12(2)13-5-10-19(11-6-13)9-4-7-14(15,16)17/h12-13,18H,3-11H2,1-2H3. The molecule has 2 nitrogen and oxygen atoms in total. The SMILES string of the molecule is CCCNC(C)C1CCN(CCCC(F)(F)F)CC1. The first-order valence-corrected chi connectivity index (χ1v) is 7.45. The van der Waals surface area contributed by atoms with Gasteiger partial charge in [-0.2, -0.15) is 13.2 Å². The summed E-state index contributed by atoms with van der Waals surface area (Å²) in [6.07, 6.45) is -1.08. The maximum absolute atomic E-state index is 12.1. The zero-order valence-corrected chi connectivity index (χ0v) is 12.1. The van der Waals surface area contributed by atoms with Gasteiger partial charge in [-0.1, -0.05) is 6.92 Å². The van der Waals surface area contributed by atoms with E-state index in [0.29, 0.717) is 18.5 Å². The van der Waals surface area contributed by atoms with Gasteiger partial charge in [0, 0.05) is 12.5 Å². The van der Waals surface area contributed by atoms with Crippen LogP contribution in [-0.2, 0) is 0 Å². The van der Waals surface area contributed by atoms with E-state index in [1.807, 2.05) is 0 Å². The first-order chi connectivity index (χ1) is 8.92. The minimum Gasteiger partial charge on any atom is -0.314 e. The van der Waals surface area contributed by atoms with E-state index in [1.165, 1.54) is 0 Å². The highest BCUT2D eigenvalue weighted by molar-refractivity contribution is 4.79. The largest absolute Gasteiger partial charge is 0.389 e. The molecule has 0 aromatic rings. The fourth-order valence-electron chi connectivity index (χ4n) is 2.72. The smallest absolute Gasteiger partial charge is 0.314 e. The van der Waals surface area contributed by atoms with E-state index in [-0.39, 0.29) is 6.42 Å². The van der Waals surface area contributed by atoms with Gasteiger partial charge in [-0.3, -0.25) is 0 Å². The van der Waals surface area contributed by atoms with Gasteiger partial charge < -0.3 is 10.2 Å². The van der Waals surface area contributed by atoms with Crippen LogP contribution in [0.1, 0.15) is 46.0 Å². The van der Waals surface area contributed by atoms with Gasteiger partial charge in [0.15, 0.2) is 0 Å². The Bertz CT molecular complexity index is 235. The van der Waals surface area contributed by atoms with Crippen LogP contribution in [-0.4, -0.2) is 43.3 Å². The van der Waals surface area contributed by atoms with E-state index in [1.54, 1.807) is 0 Å². The summed E-state index contributed by atoms with van der Waals surface area (Å²) in [6.45, 7) is 7.90. The molecule has 1 rings (SSSR count). The Morgan fingerprint density at radius 2 is 1.89 bits per heavy atom. The Labute approximate surface area is 114 Å². The molecular formula is C14H27F3N2. The molecule has 0 radical (unpaired) electrons. The zero-order valence-electron chi connectivity index (χ0n) is 12.1. The molecule has 114 valence electrons. The second-order valence-corrected chi connectivity index (χ2v) is 5.64. The number of piperidine rings is 1. The first kappa shape index (κ1) is 16.8. The predicted octanol–water partition coefficient (Wildman–Crippen LogP) is 3.43. The summed E-state index contributed by atoms with van der Waals surface area (Å²) in [4.78, 5) is 2.18. The second kappa shape index (κ2) is 8.10. The average molecular weight is 280 g/mol. The van der Waals surface area contributed by atoms with Crippen LogP contribution in [0, 0.1) is 5.92 Å². The number of hydrogen-bond acceptors (Lipinski definition) is 2. The van der Waals surface area contributed by atoms with E-state index in [2.05, 4.69) is 24.1 Å². The van der Waals surface area contributed by atoms with Gasteiger partial charge in [-0.15, -0.1) is 0 Å². The quantitative estimate of drug-likeness (QED) is 0.768. The number of alkyl halides is 3. The number of halogens is 3. The topological polar surface area (TPSA) is 15.3 Å². The van der Waals surface area contributed by atoms with Crippen molar-refractivity contribution in [2.75, 3.05) is 26.2 Å². The molecule has 1 unspecified atom stereocenters. The summed E-state index contributed by atoms with van der Waals surface area (Å²) in [7, 11) is 0. The van der Waals surface area contributed by atoms with E-state index in [0.717, 1.165) is 38.9 Å². The van der Waals surface area contributed by atoms with E-state index in [4.69, 9.17) is 0 Å². The lowest BCUT2D eigenvalue weighted by Gasteiger charge is -2.35. The predicted molar refractivity (Wildman–Crippen MR) is 72.2 cm³/mol. The lowest BCUT2D eigenvalue weighted by atomic mass is 9.90. The number of nitrogens with one attached hydrogen (secondary N) is 1. The van der Waals surface area contributed by atoms with Crippen LogP contribution in [0.25, 0.3) is 0 Å². The van der Waals surface area contributed by atoms with Crippen molar-refractivity contribution in [3.63, 3.8) is 0 Å². The highest BCUT2D eigenvalue weighted by Gasteiger charge is 2.27. The Balaban J connectivity index is 2.14. The summed E-state index contributed by atoms with van der Waals surface area (Å²) in [5.74, 6) is 0.672. The molecule has 0 aromatic heterocycles. The van der Waals surface area contributed by atoms with Gasteiger partial charge in [0.2, 0.25) is 0 Å². The monoisotopic (exact) mass is 280 g/mol. The van der Waals surface area contributed by atoms with Gasteiger partial charge in [0.05, 0.1) is 0 Å². The normalized spacial score (nSPS) is 20.7. The minimum atomic E-state index is -4.00. The second-order valence-electron chi connectivity index (χ2n) is 5.64. The van der Waals surface area contributed by atoms with Crippen molar-refractivity contribution in [3.8, 4) is 0 Å². The highest BCUT2D eigenvalue weighted by Crippen LogP contribution is 2.24. The molecule has 0 amide bonds. The van der Waals surface area contributed by atoms with Crippen LogP contribution in [0.3, 0.4) is 0 Å². The van der Waals surface area contributed by atoms with E-state index in [9.17, 15) is 13.2 Å². The van der Waals surface area contributed by atoms with Crippen LogP contribution in [0.4, 0.5) is 13.2 Å². The third-order valence-corrected chi connectivity index (χ3v) is 3.99. The Kier molecular flexibility index (Phi) is 7.15. The van der Waals surface area contributed by atoms with Crippen molar-refractivity contribution in [2.24, 2.45) is 5.92 Å². The van der Waals surface area contributed by atoms with Crippen LogP contribution in [0.15, 0.2) is 0 Å². The Morgan fingerprint density at radius 1 is 1.26 bits per heavy atom. The average Bonchev–Trinajstić information content (AvgIpc) is 2.35. The molecule has 1 atom stereocenters. The van der Waals surface area contributed by atoms with Gasteiger partial charge in [0.1, 0.15) is 0 Å². The summed E-state index contributed by atoms with van der Waals surface area (Å²) in [5.41, 5.74) is 0. The molecular weight excluding hydrogens is 253 g/mol. The molecule has 1 aliphatic heterocycles. The van der Waals surface area contributed by atoms with Crippen molar-refractivity contribution in [1.82, 2.24) is 10.2 Å². The number of hydrogen-bond donors (Lipinski definition) is 1. The molecule has 5 heteroatoms. The molecule has 1 aliphatic rings. The van der Waals surface area contributed by atoms with Crippen molar-refractivity contribution in [1.29, 1.82) is 0 Å². The fraction of sp³-hybridized carbons (Fsp3) is 1.00. The van der Waals surface area contributed by atoms with Gasteiger partial charge in [-0.25, -0.2) is 0 Å². The summed E-state index contributed by atoms with van der Waals surface area (Å²) < 4.78 is 36.2. The molecule has 0 aliphatic carbocycles. The lowest BCUT2D eigenvalue weighted by molar-refractivity contribution is -0.136. The number of likely N-dealkylation sites (tertiary alicyclic amines) is 1. The molecule has 0 aromatic carbocycles. The molecule has 0 bridgehead atoms. The first-order valence-electron chi connectivity index (χ1n) is 7.45. The molecule has 1 fully saturated rings. The van der Waals surface area contributed by atoms with Crippen molar-refractivity contribution >= 4 is 0 Å². The Hall–Kier alpha value is -0.290. The van der Waals surface area contributed by atoms with Gasteiger partial charge >= 0.3 is 6.18 Å². The van der Waals surface area contributed by atoms with Crippen LogP contribution in [0.2, 0.25) is 0 Å². The number of nitrogens with zero attached hydrogens (tertiary/aromatic N) is 1. The summed E-state index contributed by atoms with van der Waals surface area (Å²) >= 11 is 0. The zero-order chi connectivity index (χ0) is 14.3. The minimum absolute atomic E-state index is 0.234. The van der Waals surface area contributed by atoms with Crippen LogP contribution < -0.4 is 5.32 Å². The molecule has 1 N–H and O–H groups in total. The molecule has 19 heavy (non-hydrogen) atoms. The van der Waals surface area contributed by atoms with Crippen LogP contribution in [0.5, 0.6) is 0 Å². The molecule has 1 saturated heterocycles. The highest BCUT2D eigenvalue weighted by atomic mass is 19.4. The van der Waals surface area contributed by atoms with Gasteiger partial charge in [-0.05, 0) is 64.7 Å². The lowest BCUT2D eigenvalue weighted by Crippen LogP contribution is -2.42. The third-order valence-electron chi connectivity index (χ3n) is 3.99. The third kappa shape index (κ3) is 7.16. The van der Waals surface area contributed by atoms with Crippen molar-refractivity contribution in [2.45, 2.75) is 58.2 Å².